The molecule has 1 aliphatic heterocycles. The van der Waals surface area contributed by atoms with E-state index in [4.69, 9.17) is 0 Å². The van der Waals surface area contributed by atoms with Gasteiger partial charge in [0.25, 0.3) is 0 Å². The van der Waals surface area contributed by atoms with Gasteiger partial charge in [-0.15, -0.1) is 0 Å². The van der Waals surface area contributed by atoms with Crippen LogP contribution in [0.15, 0.2) is 17.9 Å². The van der Waals surface area contributed by atoms with Gasteiger partial charge >= 0.3 is 0 Å². The summed E-state index contributed by atoms with van der Waals surface area (Å²) in [4.78, 5) is 3.93. The van der Waals surface area contributed by atoms with E-state index in [9.17, 15) is 0 Å². The molecule has 0 aromatic rings. The fourth-order valence-corrected chi connectivity index (χ4v) is 1.26. The zero-order valence-electron chi connectivity index (χ0n) is 3.93. The largest absolute Gasteiger partial charge is 0.241 e. The van der Waals surface area contributed by atoms with Crippen LogP contribution in [0.2, 0.25) is 0 Å². The summed E-state index contributed by atoms with van der Waals surface area (Å²) in [5.41, 5.74) is 1.11. The van der Waals surface area contributed by atoms with Crippen LogP contribution < -0.4 is 0 Å². The summed E-state index contributed by atoms with van der Waals surface area (Å²) in [5, 5.41) is 0. The van der Waals surface area contributed by atoms with Crippen molar-refractivity contribution in [2.24, 2.45) is 8.14 Å². The third-order valence-corrected chi connectivity index (χ3v) is 2.32. The molecule has 1 aliphatic rings. The standard InChI is InChI=1S/C4H5IN2/c1-4-2-5-7-3-6-4/h2-3H,1H3. The number of aliphatic imine (C=N–C) groups is 1. The lowest BCUT2D eigenvalue weighted by Crippen LogP contribution is -1.69. The second kappa shape index (κ2) is 2.30. The molecule has 1 heterocycles. The van der Waals surface area contributed by atoms with Gasteiger partial charge in [0.15, 0.2) is 0 Å². The summed E-state index contributed by atoms with van der Waals surface area (Å²) in [6.07, 6.45) is 1.64. The Morgan fingerprint density at radius 1 is 1.71 bits per heavy atom. The second-order valence-electron chi connectivity index (χ2n) is 1.19. The summed E-state index contributed by atoms with van der Waals surface area (Å²) < 4.78 is 6.07. The Hall–Kier alpha value is -0.0600. The van der Waals surface area contributed by atoms with Gasteiger partial charge in [-0.25, -0.2) is 8.14 Å². The Balaban J connectivity index is 2.82. The third-order valence-electron chi connectivity index (χ3n) is 0.568. The second-order valence-corrected chi connectivity index (χ2v) is 2.93. The third kappa shape index (κ3) is 1.46. The maximum absolute atomic E-state index is 3.97. The van der Waals surface area contributed by atoms with Crippen molar-refractivity contribution in [2.45, 2.75) is 6.92 Å². The van der Waals surface area contributed by atoms with Crippen molar-refractivity contribution >= 4 is 27.4 Å². The van der Waals surface area contributed by atoms with Gasteiger partial charge in [0.1, 0.15) is 6.34 Å². The predicted molar refractivity (Wildman–Crippen MR) is 38.7 cm³/mol. The molecule has 0 N–H and O–H groups in total. The van der Waals surface area contributed by atoms with Crippen molar-refractivity contribution in [3.63, 3.8) is 0 Å². The quantitative estimate of drug-likeness (QED) is 0.544. The Morgan fingerprint density at radius 3 is 2.86 bits per heavy atom. The molecular formula is C4H5IN2. The minimum Gasteiger partial charge on any atom is -0.241 e. The molecule has 0 radical (unpaired) electrons. The van der Waals surface area contributed by atoms with Crippen LogP contribution in [0.5, 0.6) is 0 Å². The highest BCUT2D eigenvalue weighted by Crippen LogP contribution is 2.10. The van der Waals surface area contributed by atoms with Gasteiger partial charge in [-0.05, 0) is 6.92 Å². The molecule has 0 atom stereocenters. The van der Waals surface area contributed by atoms with Crippen molar-refractivity contribution in [2.75, 3.05) is 0 Å². The summed E-state index contributed by atoms with van der Waals surface area (Å²) >= 11 is -0.0119. The lowest BCUT2D eigenvalue weighted by Gasteiger charge is -1.87. The van der Waals surface area contributed by atoms with E-state index in [0.29, 0.717) is 0 Å². The maximum Gasteiger partial charge on any atom is 0.121 e. The van der Waals surface area contributed by atoms with Crippen LogP contribution in [0.3, 0.4) is 0 Å². The lowest BCUT2D eigenvalue weighted by atomic mass is 10.6. The molecule has 0 aliphatic carbocycles. The fourth-order valence-electron chi connectivity index (χ4n) is 0.265. The van der Waals surface area contributed by atoms with E-state index in [1.165, 1.54) is 0 Å². The topological polar surface area (TPSA) is 24.7 Å². The molecule has 38 valence electrons. The number of hydrogen-bond acceptors (Lipinski definition) is 2. The van der Waals surface area contributed by atoms with Crippen LogP contribution in [-0.4, -0.2) is 6.34 Å². The monoisotopic (exact) mass is 208 g/mol. The molecule has 0 unspecified atom stereocenters. The first-order valence-electron chi connectivity index (χ1n) is 1.92. The zero-order chi connectivity index (χ0) is 5.11. The van der Waals surface area contributed by atoms with Crippen LogP contribution in [0.4, 0.5) is 0 Å². The molecule has 0 aromatic heterocycles. The summed E-state index contributed by atoms with van der Waals surface area (Å²) in [6.45, 7) is 1.99. The van der Waals surface area contributed by atoms with Crippen molar-refractivity contribution < 1.29 is 0 Å². The van der Waals surface area contributed by atoms with Gasteiger partial charge in [0.2, 0.25) is 0 Å². The van der Waals surface area contributed by atoms with E-state index >= 15 is 0 Å². The minimum atomic E-state index is -0.0119. The number of allylic oxidation sites excluding steroid dienone is 1. The van der Waals surface area contributed by atoms with Crippen molar-refractivity contribution in [1.29, 1.82) is 0 Å². The molecule has 0 bridgehead atoms. The fraction of sp³-hybridized carbons (Fsp3) is 0.250. The van der Waals surface area contributed by atoms with Crippen LogP contribution in [0.25, 0.3) is 0 Å². The first kappa shape index (κ1) is 5.08. The van der Waals surface area contributed by atoms with E-state index < -0.39 is 0 Å². The van der Waals surface area contributed by atoms with Gasteiger partial charge < -0.3 is 0 Å². The highest BCUT2D eigenvalue weighted by molar-refractivity contribution is 14.2. The van der Waals surface area contributed by atoms with Gasteiger partial charge in [-0.1, -0.05) is 0 Å². The molecule has 0 aromatic carbocycles. The average Bonchev–Trinajstić information content (AvgIpc) is 1.69. The van der Waals surface area contributed by atoms with Crippen molar-refractivity contribution in [3.8, 4) is 0 Å². The molecular weight excluding hydrogens is 203 g/mol. The van der Waals surface area contributed by atoms with Crippen LogP contribution in [-0.2, 0) is 0 Å². The zero-order valence-corrected chi connectivity index (χ0v) is 6.08. The molecule has 0 spiro atoms. The Morgan fingerprint density at radius 2 is 2.57 bits per heavy atom. The van der Waals surface area contributed by atoms with Crippen molar-refractivity contribution in [3.05, 3.63) is 9.78 Å². The van der Waals surface area contributed by atoms with E-state index in [0.717, 1.165) is 5.70 Å². The molecule has 2 nitrogen and oxygen atoms in total. The first-order valence-corrected chi connectivity index (χ1v) is 4.13. The Kier molecular flexibility index (Phi) is 1.67. The van der Waals surface area contributed by atoms with Gasteiger partial charge in [-0.2, -0.15) is 0 Å². The highest BCUT2D eigenvalue weighted by atomic mass is 127. The normalized spacial score (nSPS) is 18.1. The van der Waals surface area contributed by atoms with Crippen LogP contribution in [0.1, 0.15) is 6.92 Å². The number of rotatable bonds is 0. The lowest BCUT2D eigenvalue weighted by molar-refractivity contribution is 1.33. The highest BCUT2D eigenvalue weighted by Gasteiger charge is 1.81. The molecule has 0 amide bonds. The Labute approximate surface area is 52.5 Å². The molecule has 3 heteroatoms. The SMILES string of the molecule is CC1=CI=NC=N1. The van der Waals surface area contributed by atoms with E-state index in [-0.39, 0.29) is 21.0 Å². The molecule has 0 fully saturated rings. The first-order chi connectivity index (χ1) is 3.39. The predicted octanol–water partition coefficient (Wildman–Crippen LogP) is 2.04. The van der Waals surface area contributed by atoms with Gasteiger partial charge in [0.05, 0.1) is 0 Å². The average molecular weight is 208 g/mol. The summed E-state index contributed by atoms with van der Waals surface area (Å²) in [7, 11) is 0. The molecule has 0 saturated carbocycles. The number of hydrogen-bond donors (Lipinski definition) is 0. The molecule has 1 rings (SSSR count). The van der Waals surface area contributed by atoms with Gasteiger partial charge in [-0.3, -0.25) is 0 Å². The summed E-state index contributed by atoms with van der Waals surface area (Å²) in [6, 6.07) is 0. The van der Waals surface area contributed by atoms with Crippen LogP contribution >= 0.6 is 21.0 Å². The van der Waals surface area contributed by atoms with E-state index in [1.54, 1.807) is 6.34 Å². The molecule has 7 heavy (non-hydrogen) atoms. The van der Waals surface area contributed by atoms with E-state index in [2.05, 4.69) is 12.2 Å². The minimum absolute atomic E-state index is 0.0119. The number of halogens is 1. The summed E-state index contributed by atoms with van der Waals surface area (Å²) in [5.74, 6) is 0. The molecule has 0 saturated heterocycles. The Bertz CT molecular complexity index is 146. The van der Waals surface area contributed by atoms with Crippen LogP contribution in [0, 0.1) is 0 Å². The smallest absolute Gasteiger partial charge is 0.121 e. The maximum atomic E-state index is 3.97. The van der Waals surface area contributed by atoms with E-state index in [1.807, 2.05) is 6.92 Å². The van der Waals surface area contributed by atoms with Crippen molar-refractivity contribution in [1.82, 2.24) is 0 Å². The van der Waals surface area contributed by atoms with Gasteiger partial charge in [0, 0.05) is 30.8 Å². The number of nitrogens with zero attached hydrogens (tertiary/aromatic N) is 2.